The van der Waals surface area contributed by atoms with Crippen LogP contribution in [0.1, 0.15) is 32.1 Å². The average Bonchev–Trinajstić information content (AvgIpc) is 2.93. The molecule has 39 heavy (non-hydrogen) atoms. The van der Waals surface area contributed by atoms with Gasteiger partial charge in [0.05, 0.1) is 23.4 Å². The second-order valence-corrected chi connectivity index (χ2v) is 13.2. The molecule has 2 aliphatic rings. The molecule has 1 fully saturated rings. The van der Waals surface area contributed by atoms with E-state index in [1.807, 2.05) is 0 Å². The molecule has 0 bridgehead atoms. The van der Waals surface area contributed by atoms with Gasteiger partial charge in [-0.05, 0) is 55.7 Å². The zero-order chi connectivity index (χ0) is 27.9. The summed E-state index contributed by atoms with van der Waals surface area (Å²) in [5, 5.41) is 2.75. The molecule has 13 heteroatoms. The molecule has 4 rings (SSSR count). The highest BCUT2D eigenvalue weighted by molar-refractivity contribution is 7.92. The van der Waals surface area contributed by atoms with E-state index in [0.29, 0.717) is 55.7 Å². The van der Waals surface area contributed by atoms with E-state index in [2.05, 4.69) is 5.32 Å². The van der Waals surface area contributed by atoms with Crippen LogP contribution in [-0.4, -0.2) is 79.3 Å². The van der Waals surface area contributed by atoms with Crippen LogP contribution in [-0.2, 0) is 24.8 Å². The molecule has 0 saturated carbocycles. The van der Waals surface area contributed by atoms with Crippen molar-refractivity contribution in [2.75, 3.05) is 56.6 Å². The second kappa shape index (κ2) is 12.9. The number of nitrogens with one attached hydrogen (secondary N) is 1. The summed E-state index contributed by atoms with van der Waals surface area (Å²) >= 11 is 0. The van der Waals surface area contributed by atoms with Gasteiger partial charge in [-0.15, -0.1) is 0 Å². The Morgan fingerprint density at radius 2 is 1.67 bits per heavy atom. The number of sulfonamides is 2. The van der Waals surface area contributed by atoms with Gasteiger partial charge in [-0.2, -0.15) is 4.31 Å². The number of benzene rings is 2. The predicted molar refractivity (Wildman–Crippen MR) is 146 cm³/mol. The molecule has 1 N–H and O–H groups in total. The first kappa shape index (κ1) is 29.0. The molecular formula is C26H35N3O8S2. The monoisotopic (exact) mass is 581 g/mol. The van der Waals surface area contributed by atoms with E-state index in [4.69, 9.17) is 14.2 Å². The summed E-state index contributed by atoms with van der Waals surface area (Å²) in [5.41, 5.74) is 0.449. The maximum absolute atomic E-state index is 12.7. The Bertz CT molecular complexity index is 1340. The highest BCUT2D eigenvalue weighted by atomic mass is 32.2. The van der Waals surface area contributed by atoms with E-state index < -0.39 is 20.0 Å². The van der Waals surface area contributed by atoms with Crippen molar-refractivity contribution in [3.05, 3.63) is 42.5 Å². The number of hydrogen-bond donors (Lipinski definition) is 1. The Hall–Kier alpha value is -3.03. The fourth-order valence-corrected chi connectivity index (χ4v) is 6.94. The lowest BCUT2D eigenvalue weighted by atomic mass is 10.2. The summed E-state index contributed by atoms with van der Waals surface area (Å²) in [6.07, 6.45) is 4.39. The van der Waals surface area contributed by atoms with Gasteiger partial charge >= 0.3 is 0 Å². The number of nitrogens with zero attached hydrogens (tertiary/aromatic N) is 2. The third-order valence-corrected chi connectivity index (χ3v) is 9.56. The molecule has 2 aliphatic heterocycles. The molecule has 2 aromatic carbocycles. The number of anilines is 1. The zero-order valence-electron chi connectivity index (χ0n) is 22.0. The number of carbonyl (C=O) groups excluding carboxylic acids is 1. The molecule has 0 spiro atoms. The molecule has 1 amide bonds. The first-order valence-corrected chi connectivity index (χ1v) is 16.3. The van der Waals surface area contributed by atoms with Gasteiger partial charge in [0.25, 0.3) is 0 Å². The van der Waals surface area contributed by atoms with E-state index in [1.54, 1.807) is 30.3 Å². The van der Waals surface area contributed by atoms with Crippen LogP contribution in [0.2, 0.25) is 0 Å². The van der Waals surface area contributed by atoms with Crippen molar-refractivity contribution in [1.29, 1.82) is 0 Å². The van der Waals surface area contributed by atoms with E-state index in [9.17, 15) is 21.6 Å². The lowest BCUT2D eigenvalue weighted by Gasteiger charge is -2.25. The van der Waals surface area contributed by atoms with Gasteiger partial charge in [0, 0.05) is 32.1 Å². The minimum absolute atomic E-state index is 0.134. The van der Waals surface area contributed by atoms with Crippen molar-refractivity contribution in [2.45, 2.75) is 37.0 Å². The maximum Gasteiger partial charge on any atom is 0.243 e. The van der Waals surface area contributed by atoms with Crippen molar-refractivity contribution < 1.29 is 35.8 Å². The normalized spacial score (nSPS) is 15.9. The molecule has 0 aromatic heterocycles. The maximum atomic E-state index is 12.7. The van der Waals surface area contributed by atoms with E-state index in [-0.39, 0.29) is 36.9 Å². The molecule has 2 aromatic rings. The van der Waals surface area contributed by atoms with E-state index in [0.717, 1.165) is 25.5 Å². The van der Waals surface area contributed by atoms with Crippen LogP contribution < -0.4 is 23.8 Å². The number of hydrogen-bond acceptors (Lipinski definition) is 8. The molecule has 1 saturated heterocycles. The largest absolute Gasteiger partial charge is 0.492 e. The van der Waals surface area contributed by atoms with Crippen molar-refractivity contribution in [1.82, 2.24) is 9.62 Å². The molecule has 11 nitrogen and oxygen atoms in total. The lowest BCUT2D eigenvalue weighted by molar-refractivity contribution is -0.121. The second-order valence-electron chi connectivity index (χ2n) is 9.40. The van der Waals surface area contributed by atoms with Crippen LogP contribution in [0.25, 0.3) is 0 Å². The zero-order valence-corrected chi connectivity index (χ0v) is 23.6. The topological polar surface area (TPSA) is 132 Å². The number of carbonyl (C=O) groups is 1. The quantitative estimate of drug-likeness (QED) is 0.378. The molecule has 0 atom stereocenters. The summed E-state index contributed by atoms with van der Waals surface area (Å²) in [6, 6.07) is 11.2. The van der Waals surface area contributed by atoms with Gasteiger partial charge in [0.1, 0.15) is 25.6 Å². The van der Waals surface area contributed by atoms with Crippen LogP contribution in [0.5, 0.6) is 17.2 Å². The Labute approximate surface area is 230 Å². The third kappa shape index (κ3) is 7.76. The van der Waals surface area contributed by atoms with Gasteiger partial charge in [-0.25, -0.2) is 16.8 Å². The Morgan fingerprint density at radius 1 is 0.974 bits per heavy atom. The fourth-order valence-electron chi connectivity index (χ4n) is 4.47. The highest BCUT2D eigenvalue weighted by Crippen LogP contribution is 2.34. The predicted octanol–water partition coefficient (Wildman–Crippen LogP) is 2.37. The summed E-state index contributed by atoms with van der Waals surface area (Å²) in [6.45, 7) is 2.52. The number of piperidine rings is 1. The number of fused-ring (bicyclic) bond motifs is 1. The SMILES string of the molecule is CS(=O)(=O)N(CCCC(=O)NCCOc1ccc(S(=O)(=O)N2CCCCC2)cc1)c1ccc2c(c1)OCCO2. The third-order valence-electron chi connectivity index (χ3n) is 6.45. The Balaban J connectivity index is 1.19. The minimum atomic E-state index is -3.57. The minimum Gasteiger partial charge on any atom is -0.492 e. The van der Waals surface area contributed by atoms with Gasteiger partial charge in [-0.1, -0.05) is 6.42 Å². The van der Waals surface area contributed by atoms with Crippen molar-refractivity contribution in [2.24, 2.45) is 0 Å². The number of ether oxygens (including phenoxy) is 3. The Kier molecular flexibility index (Phi) is 9.57. The lowest BCUT2D eigenvalue weighted by Crippen LogP contribution is -2.35. The van der Waals surface area contributed by atoms with Gasteiger partial charge in [0.2, 0.25) is 26.0 Å². The van der Waals surface area contributed by atoms with Crippen molar-refractivity contribution in [3.8, 4) is 17.2 Å². The summed E-state index contributed by atoms with van der Waals surface area (Å²) in [7, 11) is -7.06. The smallest absolute Gasteiger partial charge is 0.243 e. The summed E-state index contributed by atoms with van der Waals surface area (Å²) in [4.78, 5) is 12.5. The Morgan fingerprint density at radius 3 is 2.36 bits per heavy atom. The molecule has 0 radical (unpaired) electrons. The average molecular weight is 582 g/mol. The molecule has 214 valence electrons. The van der Waals surface area contributed by atoms with Crippen LogP contribution >= 0.6 is 0 Å². The van der Waals surface area contributed by atoms with Crippen LogP contribution in [0.15, 0.2) is 47.4 Å². The van der Waals surface area contributed by atoms with E-state index >= 15 is 0 Å². The number of amides is 1. The van der Waals surface area contributed by atoms with E-state index in [1.165, 1.54) is 20.7 Å². The molecule has 0 unspecified atom stereocenters. The first-order chi connectivity index (χ1) is 18.6. The summed E-state index contributed by atoms with van der Waals surface area (Å²) in [5.74, 6) is 1.34. The van der Waals surface area contributed by atoms with Crippen LogP contribution in [0.4, 0.5) is 5.69 Å². The van der Waals surface area contributed by atoms with Gasteiger partial charge in [0.15, 0.2) is 11.5 Å². The summed E-state index contributed by atoms with van der Waals surface area (Å²) < 4.78 is 69.7. The van der Waals surface area contributed by atoms with Crippen LogP contribution in [0.3, 0.4) is 0 Å². The number of rotatable bonds is 12. The fraction of sp³-hybridized carbons (Fsp3) is 0.500. The van der Waals surface area contributed by atoms with Crippen molar-refractivity contribution >= 4 is 31.6 Å². The highest BCUT2D eigenvalue weighted by Gasteiger charge is 2.26. The molecule has 0 aliphatic carbocycles. The standard InChI is InChI=1S/C26H35N3O8S2/c1-38(31,32)29(21-7-12-24-25(20-21)37-19-18-36-24)16-5-6-26(30)27-13-17-35-22-8-10-23(11-9-22)39(33,34)28-14-3-2-4-15-28/h7-12,20H,2-6,13-19H2,1H3,(H,27,30). The van der Waals surface area contributed by atoms with Crippen LogP contribution in [0, 0.1) is 0 Å². The molecule has 2 heterocycles. The van der Waals surface area contributed by atoms with Crippen molar-refractivity contribution in [3.63, 3.8) is 0 Å². The van der Waals surface area contributed by atoms with Gasteiger partial charge in [-0.3, -0.25) is 9.10 Å². The van der Waals surface area contributed by atoms with Gasteiger partial charge < -0.3 is 19.5 Å². The first-order valence-electron chi connectivity index (χ1n) is 13.0. The molecular weight excluding hydrogens is 546 g/mol.